The lowest BCUT2D eigenvalue weighted by molar-refractivity contribution is -0.136. The quantitative estimate of drug-likeness (QED) is 0.189. The number of aryl methyl sites for hydroxylation is 3. The van der Waals surface area contributed by atoms with Gasteiger partial charge in [0.25, 0.3) is 11.5 Å². The van der Waals surface area contributed by atoms with Gasteiger partial charge in [0.15, 0.2) is 0 Å². The van der Waals surface area contributed by atoms with E-state index in [1.54, 1.807) is 35.2 Å². The number of carboxylic acid groups (broad SMARTS) is 1. The van der Waals surface area contributed by atoms with Crippen LogP contribution < -0.4 is 21.1 Å². The number of amides is 1. The van der Waals surface area contributed by atoms with Crippen LogP contribution in [0.5, 0.6) is 0 Å². The number of fused-ring (bicyclic) bond motifs is 1. The maximum Gasteiger partial charge on any atom is 0.303 e. The van der Waals surface area contributed by atoms with E-state index < -0.39 is 5.97 Å². The minimum atomic E-state index is -0.816. The van der Waals surface area contributed by atoms with Crippen molar-refractivity contribution in [3.8, 4) is 5.69 Å². The van der Waals surface area contributed by atoms with E-state index in [1.807, 2.05) is 74.5 Å². The van der Waals surface area contributed by atoms with Crippen molar-refractivity contribution in [1.29, 1.82) is 0 Å². The average molecular weight is 615 g/mol. The second-order valence-electron chi connectivity index (χ2n) is 11.4. The molecule has 10 nitrogen and oxygen atoms in total. The van der Waals surface area contributed by atoms with Crippen molar-refractivity contribution in [2.24, 2.45) is 0 Å². The Morgan fingerprint density at radius 3 is 2.39 bits per heavy atom. The monoisotopic (exact) mass is 614 g/mol. The van der Waals surface area contributed by atoms with E-state index in [-0.39, 0.29) is 17.9 Å². The maximum atomic E-state index is 13.8. The molecular weight excluding hydrogens is 580 g/mol. The number of hydrogen-bond donors (Lipinski definition) is 3. The van der Waals surface area contributed by atoms with Gasteiger partial charge in [-0.2, -0.15) is 0 Å². The Hall–Kier alpha value is -5.77. The number of carboxylic acids is 1. The molecule has 0 atom stereocenters. The molecule has 0 aliphatic carbocycles. The molecule has 0 saturated carbocycles. The number of carbonyl (C=O) groups is 2. The molecule has 3 aromatic carbocycles. The summed E-state index contributed by atoms with van der Waals surface area (Å²) in [5.41, 5.74) is 7.93. The van der Waals surface area contributed by atoms with Gasteiger partial charge in [-0.3, -0.25) is 19.0 Å². The number of hydrogen-bond acceptors (Lipinski definition) is 7. The van der Waals surface area contributed by atoms with Crippen molar-refractivity contribution in [2.75, 3.05) is 22.1 Å². The van der Waals surface area contributed by atoms with Crippen LogP contribution >= 0.6 is 0 Å². The third-order valence-electron chi connectivity index (χ3n) is 8.15. The summed E-state index contributed by atoms with van der Waals surface area (Å²) in [4.78, 5) is 48.7. The topological polar surface area (TPSA) is 129 Å². The van der Waals surface area contributed by atoms with Crippen LogP contribution in [-0.4, -0.2) is 38.1 Å². The summed E-state index contributed by atoms with van der Waals surface area (Å²) < 4.78 is 1.63. The van der Waals surface area contributed by atoms with Crippen LogP contribution in [0.3, 0.4) is 0 Å². The molecule has 0 fully saturated rings. The van der Waals surface area contributed by atoms with Crippen molar-refractivity contribution in [1.82, 2.24) is 14.5 Å². The molecule has 1 aliphatic heterocycles. The molecule has 232 valence electrons. The van der Waals surface area contributed by atoms with Gasteiger partial charge in [0, 0.05) is 66.5 Å². The highest BCUT2D eigenvalue weighted by atomic mass is 16.4. The number of anilines is 4. The first kappa shape index (κ1) is 30.3. The highest BCUT2D eigenvalue weighted by Crippen LogP contribution is 2.26. The SMILES string of the molecule is Cc1ccccc1C(=O)Nc1ccc(-n2ccc(C)c(N3CCc4nc(Nc5ccc(CCC(=O)O)cc5)ncc4C3)c2=O)cc1. The summed E-state index contributed by atoms with van der Waals surface area (Å²) in [6.45, 7) is 4.99. The van der Waals surface area contributed by atoms with E-state index in [1.165, 1.54) is 0 Å². The predicted octanol–water partition coefficient (Wildman–Crippen LogP) is 5.82. The standard InChI is InChI=1S/C36H34N6O4/c1-23-5-3-4-6-30(23)34(45)38-27-12-14-29(15-13-27)42-20-17-24(2)33(35(42)46)41-19-18-31-26(22-41)21-37-36(40-31)39-28-10-7-25(8-11-28)9-16-32(43)44/h3-8,10-15,17,20-21H,9,16,18-19,22H2,1-2H3,(H,38,45)(H,43,44)(H,37,39,40). The van der Waals surface area contributed by atoms with Crippen LogP contribution in [0.4, 0.5) is 23.0 Å². The van der Waals surface area contributed by atoms with E-state index in [9.17, 15) is 14.4 Å². The van der Waals surface area contributed by atoms with E-state index in [0.29, 0.717) is 54.5 Å². The highest BCUT2D eigenvalue weighted by molar-refractivity contribution is 6.05. The number of carbonyl (C=O) groups excluding carboxylic acids is 1. The molecule has 3 heterocycles. The van der Waals surface area contributed by atoms with E-state index in [0.717, 1.165) is 33.6 Å². The first-order valence-corrected chi connectivity index (χ1v) is 15.1. The van der Waals surface area contributed by atoms with Gasteiger partial charge in [-0.1, -0.05) is 30.3 Å². The molecule has 0 radical (unpaired) electrons. The molecule has 46 heavy (non-hydrogen) atoms. The van der Waals surface area contributed by atoms with Crippen molar-refractivity contribution in [3.05, 3.63) is 135 Å². The van der Waals surface area contributed by atoms with Gasteiger partial charge in [0.05, 0.1) is 5.69 Å². The number of aliphatic carboxylic acids is 1. The lowest BCUT2D eigenvalue weighted by Gasteiger charge is -2.31. The van der Waals surface area contributed by atoms with Crippen molar-refractivity contribution >= 4 is 34.9 Å². The summed E-state index contributed by atoms with van der Waals surface area (Å²) in [6.07, 6.45) is 4.81. The van der Waals surface area contributed by atoms with E-state index in [4.69, 9.17) is 10.1 Å². The smallest absolute Gasteiger partial charge is 0.303 e. The van der Waals surface area contributed by atoms with Crippen molar-refractivity contribution < 1.29 is 14.7 Å². The van der Waals surface area contributed by atoms with Gasteiger partial charge >= 0.3 is 5.97 Å². The third kappa shape index (κ3) is 6.66. The summed E-state index contributed by atoms with van der Waals surface area (Å²) in [5, 5.41) is 15.1. The van der Waals surface area contributed by atoms with Gasteiger partial charge in [-0.05, 0) is 85.5 Å². The molecular formula is C36H34N6O4. The summed E-state index contributed by atoms with van der Waals surface area (Å²) >= 11 is 0. The normalized spacial score (nSPS) is 12.3. The van der Waals surface area contributed by atoms with Crippen molar-refractivity contribution in [3.63, 3.8) is 0 Å². The van der Waals surface area contributed by atoms with Gasteiger partial charge in [-0.15, -0.1) is 0 Å². The Kier molecular flexibility index (Phi) is 8.60. The fraction of sp³-hybridized carbons (Fsp3) is 0.194. The first-order valence-electron chi connectivity index (χ1n) is 15.1. The molecule has 10 heteroatoms. The largest absolute Gasteiger partial charge is 0.481 e. The maximum absolute atomic E-state index is 13.8. The summed E-state index contributed by atoms with van der Waals surface area (Å²) in [7, 11) is 0. The molecule has 6 rings (SSSR count). The lowest BCUT2D eigenvalue weighted by atomic mass is 10.1. The molecule has 2 aromatic heterocycles. The Morgan fingerprint density at radius 1 is 0.913 bits per heavy atom. The van der Waals surface area contributed by atoms with E-state index in [2.05, 4.69) is 20.5 Å². The molecule has 0 saturated heterocycles. The predicted molar refractivity (Wildman–Crippen MR) is 178 cm³/mol. The molecule has 1 aliphatic rings. The number of aromatic nitrogens is 3. The van der Waals surface area contributed by atoms with Crippen LogP contribution in [0.2, 0.25) is 0 Å². The Bertz CT molecular complexity index is 1970. The Labute approximate surface area is 266 Å². The second-order valence-corrected chi connectivity index (χ2v) is 11.4. The van der Waals surface area contributed by atoms with Gasteiger partial charge in [0.2, 0.25) is 5.95 Å². The van der Waals surface area contributed by atoms with Crippen LogP contribution in [0.15, 0.2) is 96.1 Å². The fourth-order valence-corrected chi connectivity index (χ4v) is 5.64. The number of nitrogens with one attached hydrogen (secondary N) is 2. The first-order chi connectivity index (χ1) is 22.2. The van der Waals surface area contributed by atoms with Crippen LogP contribution in [0, 0.1) is 13.8 Å². The minimum Gasteiger partial charge on any atom is -0.481 e. The number of pyridine rings is 1. The molecule has 0 unspecified atom stereocenters. The zero-order chi connectivity index (χ0) is 32.2. The Balaban J connectivity index is 1.15. The van der Waals surface area contributed by atoms with E-state index >= 15 is 0 Å². The Morgan fingerprint density at radius 2 is 1.65 bits per heavy atom. The molecule has 0 spiro atoms. The molecule has 5 aromatic rings. The summed E-state index contributed by atoms with van der Waals surface area (Å²) in [6, 6.07) is 24.2. The lowest BCUT2D eigenvalue weighted by Crippen LogP contribution is -2.37. The van der Waals surface area contributed by atoms with Gasteiger partial charge < -0.3 is 20.6 Å². The molecule has 3 N–H and O–H groups in total. The minimum absolute atomic E-state index is 0.0946. The summed E-state index contributed by atoms with van der Waals surface area (Å²) in [5.74, 6) is -0.507. The third-order valence-corrected chi connectivity index (χ3v) is 8.15. The van der Waals surface area contributed by atoms with Crippen LogP contribution in [0.1, 0.15) is 44.7 Å². The van der Waals surface area contributed by atoms with Gasteiger partial charge in [0.1, 0.15) is 5.69 Å². The fourth-order valence-electron chi connectivity index (χ4n) is 5.64. The van der Waals surface area contributed by atoms with Gasteiger partial charge in [-0.25, -0.2) is 9.97 Å². The zero-order valence-electron chi connectivity index (χ0n) is 25.7. The molecule has 0 bridgehead atoms. The second kappa shape index (κ2) is 13.1. The number of rotatable bonds is 9. The van der Waals surface area contributed by atoms with Crippen LogP contribution in [-0.2, 0) is 24.2 Å². The highest BCUT2D eigenvalue weighted by Gasteiger charge is 2.23. The van der Waals surface area contributed by atoms with Crippen LogP contribution in [0.25, 0.3) is 5.69 Å². The van der Waals surface area contributed by atoms with Crippen molar-refractivity contribution in [2.45, 2.75) is 39.7 Å². The number of nitrogens with zero attached hydrogens (tertiary/aromatic N) is 4. The zero-order valence-corrected chi connectivity index (χ0v) is 25.7. The number of benzene rings is 3. The average Bonchev–Trinajstić information content (AvgIpc) is 3.05. The molecule has 1 amide bonds.